The summed E-state index contributed by atoms with van der Waals surface area (Å²) in [5.41, 5.74) is 5.47. The van der Waals surface area contributed by atoms with Crippen LogP contribution in [0.2, 0.25) is 0 Å². The summed E-state index contributed by atoms with van der Waals surface area (Å²) < 4.78 is 4.29. The Hall–Kier alpha value is -2.37. The molecule has 0 fully saturated rings. The summed E-state index contributed by atoms with van der Waals surface area (Å²) in [6.07, 6.45) is -0.103. The van der Waals surface area contributed by atoms with Gasteiger partial charge in [-0.2, -0.15) is 0 Å². The molecule has 6 heteroatoms. The molecule has 1 aromatic rings. The summed E-state index contributed by atoms with van der Waals surface area (Å²) in [7, 11) is 0. The van der Waals surface area contributed by atoms with Crippen molar-refractivity contribution in [2.45, 2.75) is 6.23 Å². The summed E-state index contributed by atoms with van der Waals surface area (Å²) in [4.78, 5) is 20.1. The van der Waals surface area contributed by atoms with Crippen LogP contribution >= 0.6 is 0 Å². The fourth-order valence-electron chi connectivity index (χ4n) is 1.03. The fourth-order valence-corrected chi connectivity index (χ4v) is 1.03. The van der Waals surface area contributed by atoms with Crippen LogP contribution in [0.3, 0.4) is 0 Å². The van der Waals surface area contributed by atoms with Gasteiger partial charge in [-0.25, -0.2) is 4.79 Å². The van der Waals surface area contributed by atoms with E-state index in [0.29, 0.717) is 0 Å². The lowest BCUT2D eigenvalue weighted by Crippen LogP contribution is -2.27. The Balaban J connectivity index is 2.72. The molecule has 0 radical (unpaired) electrons. The van der Waals surface area contributed by atoms with E-state index in [-0.39, 0.29) is 0 Å². The molecule has 0 heterocycles. The topological polar surface area (TPSA) is 95.5 Å². The first-order valence-corrected chi connectivity index (χ1v) is 4.42. The maximum Gasteiger partial charge on any atom is 0.409 e. The van der Waals surface area contributed by atoms with Crippen LogP contribution in [0.4, 0.5) is 4.79 Å². The molecule has 0 aliphatic heterocycles. The van der Waals surface area contributed by atoms with Gasteiger partial charge in [0.1, 0.15) is 0 Å². The van der Waals surface area contributed by atoms with Crippen molar-refractivity contribution >= 4 is 12.2 Å². The minimum absolute atomic E-state index is 0.746. The summed E-state index contributed by atoms with van der Waals surface area (Å²) >= 11 is 0. The zero-order chi connectivity index (χ0) is 12.0. The number of primary amides is 1. The number of benzene rings is 1. The molecule has 1 aromatic carbocycles. The number of hydrogen-bond acceptors (Lipinski definition) is 4. The molecule has 2 N–H and O–H groups in total. The van der Waals surface area contributed by atoms with Crippen LogP contribution < -0.4 is 5.73 Å². The molecular weight excluding hydrogens is 212 g/mol. The van der Waals surface area contributed by atoms with E-state index in [9.17, 15) is 14.9 Å². The zero-order valence-corrected chi connectivity index (χ0v) is 8.28. The monoisotopic (exact) mass is 222 g/mol. The Morgan fingerprint density at radius 2 is 2.06 bits per heavy atom. The minimum atomic E-state index is -1.56. The number of rotatable bonds is 4. The van der Waals surface area contributed by atoms with Crippen molar-refractivity contribution < 1.29 is 14.5 Å². The maximum atomic E-state index is 10.5. The van der Waals surface area contributed by atoms with Gasteiger partial charge in [0.05, 0.1) is 4.92 Å². The highest BCUT2D eigenvalue weighted by atomic mass is 16.7. The van der Waals surface area contributed by atoms with Gasteiger partial charge in [0.15, 0.2) is 0 Å². The van der Waals surface area contributed by atoms with E-state index in [1.165, 1.54) is 6.08 Å². The second-order valence-electron chi connectivity index (χ2n) is 2.88. The first-order valence-electron chi connectivity index (χ1n) is 4.42. The Kier molecular flexibility index (Phi) is 4.02. The van der Waals surface area contributed by atoms with Crippen molar-refractivity contribution in [3.05, 3.63) is 52.1 Å². The largest absolute Gasteiger partial charge is 0.409 e. The SMILES string of the molecule is NC(=O)OC(C=Cc1ccccc1)[N+](=O)[O-]. The number of nitrogens with zero attached hydrogens (tertiary/aromatic N) is 1. The predicted octanol–water partition coefficient (Wildman–Crippen LogP) is 1.40. The van der Waals surface area contributed by atoms with E-state index in [1.807, 2.05) is 6.07 Å². The number of amides is 1. The molecule has 0 saturated heterocycles. The number of hydrogen-bond donors (Lipinski definition) is 1. The van der Waals surface area contributed by atoms with Crippen LogP contribution in [0, 0.1) is 10.1 Å². The van der Waals surface area contributed by atoms with Crippen molar-refractivity contribution in [2.75, 3.05) is 0 Å². The van der Waals surface area contributed by atoms with Crippen LogP contribution in [0.5, 0.6) is 0 Å². The molecule has 0 aromatic heterocycles. The first-order chi connectivity index (χ1) is 7.59. The van der Waals surface area contributed by atoms with Crippen molar-refractivity contribution in [3.63, 3.8) is 0 Å². The Morgan fingerprint density at radius 1 is 1.44 bits per heavy atom. The summed E-state index contributed by atoms with van der Waals surface area (Å²) in [5, 5.41) is 10.5. The highest BCUT2D eigenvalue weighted by molar-refractivity contribution is 5.65. The average molecular weight is 222 g/mol. The van der Waals surface area contributed by atoms with Gasteiger partial charge in [-0.15, -0.1) is 0 Å². The van der Waals surface area contributed by atoms with Crippen molar-refractivity contribution in [2.24, 2.45) is 5.73 Å². The van der Waals surface area contributed by atoms with E-state index in [1.54, 1.807) is 24.3 Å². The molecule has 1 atom stereocenters. The first kappa shape index (κ1) is 11.7. The van der Waals surface area contributed by atoms with E-state index in [0.717, 1.165) is 11.6 Å². The van der Waals surface area contributed by atoms with Gasteiger partial charge < -0.3 is 10.5 Å². The summed E-state index contributed by atoms with van der Waals surface area (Å²) in [6, 6.07) is 8.92. The lowest BCUT2D eigenvalue weighted by Gasteiger charge is -2.03. The van der Waals surface area contributed by atoms with Crippen LogP contribution in [-0.4, -0.2) is 17.2 Å². The average Bonchev–Trinajstić information content (AvgIpc) is 2.25. The number of carbonyl (C=O) groups excluding carboxylic acids is 1. The summed E-state index contributed by atoms with van der Waals surface area (Å²) in [5.74, 6) is 0. The van der Waals surface area contributed by atoms with Gasteiger partial charge in [0.25, 0.3) is 0 Å². The Labute approximate surface area is 91.5 Å². The van der Waals surface area contributed by atoms with Gasteiger partial charge in [0.2, 0.25) is 0 Å². The normalized spacial score (nSPS) is 12.2. The Morgan fingerprint density at radius 3 is 2.56 bits per heavy atom. The summed E-state index contributed by atoms with van der Waals surface area (Å²) in [6.45, 7) is 0. The van der Waals surface area contributed by atoms with Crippen molar-refractivity contribution in [3.8, 4) is 0 Å². The van der Waals surface area contributed by atoms with E-state index in [4.69, 9.17) is 5.73 Å². The third-order valence-electron chi connectivity index (χ3n) is 1.70. The quantitative estimate of drug-likeness (QED) is 0.473. The third-order valence-corrected chi connectivity index (χ3v) is 1.70. The molecule has 1 amide bonds. The van der Waals surface area contributed by atoms with Crippen LogP contribution in [0.1, 0.15) is 5.56 Å². The second kappa shape index (κ2) is 5.50. The molecule has 0 aliphatic rings. The molecule has 6 nitrogen and oxygen atoms in total. The van der Waals surface area contributed by atoms with Gasteiger partial charge in [-0.1, -0.05) is 30.3 Å². The van der Waals surface area contributed by atoms with Gasteiger partial charge >= 0.3 is 12.3 Å². The fraction of sp³-hybridized carbons (Fsp3) is 0.100. The number of carbonyl (C=O) groups is 1. The van der Waals surface area contributed by atoms with E-state index >= 15 is 0 Å². The van der Waals surface area contributed by atoms with Gasteiger partial charge in [-0.3, -0.25) is 10.1 Å². The standard InChI is InChI=1S/C10H10N2O4/c11-10(13)16-9(12(14)15)7-6-8-4-2-1-3-5-8/h1-7,9H,(H2,11,13). The lowest BCUT2D eigenvalue weighted by molar-refractivity contribution is -0.551. The Bertz CT molecular complexity index is 403. The lowest BCUT2D eigenvalue weighted by atomic mass is 10.2. The molecule has 0 saturated carbocycles. The molecule has 84 valence electrons. The minimum Gasteiger partial charge on any atom is -0.378 e. The predicted molar refractivity (Wildman–Crippen MR) is 56.9 cm³/mol. The molecule has 0 spiro atoms. The third kappa shape index (κ3) is 3.79. The number of ether oxygens (including phenoxy) is 1. The van der Waals surface area contributed by atoms with Crippen LogP contribution in [-0.2, 0) is 4.74 Å². The van der Waals surface area contributed by atoms with Gasteiger partial charge in [-0.05, 0) is 11.6 Å². The molecule has 16 heavy (non-hydrogen) atoms. The zero-order valence-electron chi connectivity index (χ0n) is 8.28. The van der Waals surface area contributed by atoms with Crippen LogP contribution in [0.15, 0.2) is 36.4 Å². The van der Waals surface area contributed by atoms with Crippen molar-refractivity contribution in [1.29, 1.82) is 0 Å². The molecule has 1 rings (SSSR count). The number of nitrogens with two attached hydrogens (primary N) is 1. The molecule has 1 unspecified atom stereocenters. The highest BCUT2D eigenvalue weighted by Gasteiger charge is 2.19. The van der Waals surface area contributed by atoms with Crippen molar-refractivity contribution in [1.82, 2.24) is 0 Å². The van der Waals surface area contributed by atoms with E-state index < -0.39 is 17.2 Å². The smallest absolute Gasteiger partial charge is 0.378 e. The highest BCUT2D eigenvalue weighted by Crippen LogP contribution is 2.04. The molecular formula is C10H10N2O4. The molecule has 0 aliphatic carbocycles. The second-order valence-corrected chi connectivity index (χ2v) is 2.88. The van der Waals surface area contributed by atoms with Gasteiger partial charge in [0, 0.05) is 6.08 Å². The maximum absolute atomic E-state index is 10.5. The number of nitro groups is 1. The molecule has 0 bridgehead atoms. The van der Waals surface area contributed by atoms with E-state index in [2.05, 4.69) is 4.74 Å². The van der Waals surface area contributed by atoms with Crippen LogP contribution in [0.25, 0.3) is 6.08 Å².